The van der Waals surface area contributed by atoms with Gasteiger partial charge in [-0.05, 0) is 74.0 Å². The predicted molar refractivity (Wildman–Crippen MR) is 160 cm³/mol. The van der Waals surface area contributed by atoms with Crippen LogP contribution in [0.5, 0.6) is 0 Å². The van der Waals surface area contributed by atoms with Crippen molar-refractivity contribution in [3.63, 3.8) is 0 Å². The molecule has 5 N–H and O–H groups in total. The van der Waals surface area contributed by atoms with Crippen LogP contribution >= 0.6 is 0 Å². The van der Waals surface area contributed by atoms with Crippen LogP contribution < -0.4 is 21.3 Å². The van der Waals surface area contributed by atoms with Crippen molar-refractivity contribution in [1.82, 2.24) is 16.0 Å². The number of aliphatic hydroxyl groups is 1. The van der Waals surface area contributed by atoms with Gasteiger partial charge in [-0.15, -0.1) is 0 Å². The van der Waals surface area contributed by atoms with Gasteiger partial charge in [0.2, 0.25) is 11.8 Å². The Kier molecular flexibility index (Phi) is 13.8. The first-order chi connectivity index (χ1) is 20.7. The SMILES string of the molecule is CC(C)[C@H](NC(=O)OCCOCCNC(=O)OC[C@@H]1[C@@H]2CC/C=C\CC[C@@H]21)C(=O)N[C@@H](C)C(=O)Nc1ccc(CO)cc1. The van der Waals surface area contributed by atoms with Gasteiger partial charge in [0.05, 0.1) is 26.4 Å². The number of carbonyl (C=O) groups excluding carboxylic acids is 4. The van der Waals surface area contributed by atoms with Gasteiger partial charge in [-0.2, -0.15) is 0 Å². The Morgan fingerprint density at radius 3 is 2.16 bits per heavy atom. The quantitative estimate of drug-likeness (QED) is 0.151. The van der Waals surface area contributed by atoms with Crippen molar-refractivity contribution < 1.29 is 38.5 Å². The van der Waals surface area contributed by atoms with E-state index >= 15 is 0 Å². The monoisotopic (exact) mass is 602 g/mol. The van der Waals surface area contributed by atoms with E-state index in [0.717, 1.165) is 25.7 Å². The van der Waals surface area contributed by atoms with Gasteiger partial charge in [0, 0.05) is 12.2 Å². The highest BCUT2D eigenvalue weighted by Gasteiger charge is 2.49. The molecule has 0 spiro atoms. The molecule has 238 valence electrons. The smallest absolute Gasteiger partial charge is 0.407 e. The van der Waals surface area contributed by atoms with Crippen molar-refractivity contribution in [2.75, 3.05) is 38.3 Å². The molecular weight excluding hydrogens is 556 g/mol. The molecule has 0 radical (unpaired) electrons. The van der Waals surface area contributed by atoms with Crippen LogP contribution in [-0.2, 0) is 30.4 Å². The van der Waals surface area contributed by atoms with Gasteiger partial charge < -0.3 is 40.6 Å². The number of aliphatic hydroxyl groups excluding tert-OH is 1. The number of rotatable bonds is 15. The first-order valence-electron chi connectivity index (χ1n) is 15.1. The van der Waals surface area contributed by atoms with Crippen molar-refractivity contribution >= 4 is 29.7 Å². The van der Waals surface area contributed by atoms with Gasteiger partial charge in [-0.3, -0.25) is 9.59 Å². The number of alkyl carbamates (subject to hydrolysis) is 2. The zero-order valence-corrected chi connectivity index (χ0v) is 25.3. The molecule has 1 saturated carbocycles. The molecule has 0 aliphatic heterocycles. The number of anilines is 1. The number of ether oxygens (including phenoxy) is 3. The highest BCUT2D eigenvalue weighted by molar-refractivity contribution is 5.98. The molecule has 12 nitrogen and oxygen atoms in total. The van der Waals surface area contributed by atoms with Crippen LogP contribution in [0, 0.1) is 23.7 Å². The summed E-state index contributed by atoms with van der Waals surface area (Å²) in [4.78, 5) is 49.5. The summed E-state index contributed by atoms with van der Waals surface area (Å²) in [5, 5.41) is 19.6. The lowest BCUT2D eigenvalue weighted by Crippen LogP contribution is -2.53. The Morgan fingerprint density at radius 2 is 1.53 bits per heavy atom. The summed E-state index contributed by atoms with van der Waals surface area (Å²) in [7, 11) is 0. The third kappa shape index (κ3) is 11.5. The number of hydrogen-bond donors (Lipinski definition) is 5. The molecule has 4 amide bonds. The molecule has 0 saturated heterocycles. The zero-order valence-electron chi connectivity index (χ0n) is 25.3. The maximum atomic E-state index is 12.8. The molecule has 0 unspecified atom stereocenters. The van der Waals surface area contributed by atoms with E-state index < -0.39 is 36.1 Å². The fourth-order valence-electron chi connectivity index (χ4n) is 5.20. The van der Waals surface area contributed by atoms with Crippen LogP contribution in [0.1, 0.15) is 52.0 Å². The topological polar surface area (TPSA) is 164 Å². The molecule has 43 heavy (non-hydrogen) atoms. The molecule has 1 aromatic carbocycles. The molecule has 0 aromatic heterocycles. The standard InChI is InChI=1S/C31H46N4O8/c1-20(2)27(29(38)33-21(3)28(37)34-23-12-10-22(18-36)11-13-23)35-31(40)42-17-16-41-15-14-32-30(39)43-19-26-24-8-6-4-5-7-9-25(24)26/h4-5,10-13,20-21,24-27,36H,6-9,14-19H2,1-3H3,(H,32,39)(H,33,38)(H,34,37)(H,35,40)/b5-4-/t21-,24-,25+,26-,27-/m0/s1. The Labute approximate surface area is 253 Å². The number of benzene rings is 1. The van der Waals surface area contributed by atoms with E-state index in [-0.39, 0.29) is 38.9 Å². The molecule has 12 heteroatoms. The molecular formula is C31H46N4O8. The summed E-state index contributed by atoms with van der Waals surface area (Å²) < 4.78 is 15.9. The Bertz CT molecular complexity index is 1080. The maximum absolute atomic E-state index is 12.8. The summed E-state index contributed by atoms with van der Waals surface area (Å²) in [6.07, 6.45) is 7.77. The van der Waals surface area contributed by atoms with Crippen molar-refractivity contribution in [3.8, 4) is 0 Å². The van der Waals surface area contributed by atoms with E-state index in [1.807, 2.05) is 0 Å². The summed E-state index contributed by atoms with van der Waals surface area (Å²) in [5.41, 5.74) is 1.24. The van der Waals surface area contributed by atoms with Crippen LogP contribution in [0.2, 0.25) is 0 Å². The third-order valence-corrected chi connectivity index (χ3v) is 7.77. The molecule has 1 fully saturated rings. The van der Waals surface area contributed by atoms with Gasteiger partial charge in [-0.1, -0.05) is 38.1 Å². The highest BCUT2D eigenvalue weighted by Crippen LogP contribution is 2.52. The number of fused-ring (bicyclic) bond motifs is 1. The minimum absolute atomic E-state index is 0.0457. The molecule has 0 bridgehead atoms. The second kappa shape index (κ2) is 17.5. The van der Waals surface area contributed by atoms with Gasteiger partial charge in [0.1, 0.15) is 18.7 Å². The lowest BCUT2D eigenvalue weighted by molar-refractivity contribution is -0.128. The number of carbonyl (C=O) groups is 4. The number of hydrogen-bond acceptors (Lipinski definition) is 8. The predicted octanol–water partition coefficient (Wildman–Crippen LogP) is 3.11. The van der Waals surface area contributed by atoms with Crippen molar-refractivity contribution in [1.29, 1.82) is 0 Å². The molecule has 2 aliphatic rings. The van der Waals surface area contributed by atoms with Crippen LogP contribution in [0.15, 0.2) is 36.4 Å². The molecule has 3 rings (SSSR count). The van der Waals surface area contributed by atoms with Crippen LogP contribution in [-0.4, -0.2) is 74.2 Å². The van der Waals surface area contributed by atoms with E-state index in [9.17, 15) is 19.2 Å². The summed E-state index contributed by atoms with van der Waals surface area (Å²) >= 11 is 0. The minimum atomic E-state index is -0.923. The van der Waals surface area contributed by atoms with Crippen molar-refractivity contribution in [2.45, 2.75) is 65.1 Å². The molecule has 0 heterocycles. The highest BCUT2D eigenvalue weighted by atomic mass is 16.6. The second-order valence-electron chi connectivity index (χ2n) is 11.3. The van der Waals surface area contributed by atoms with E-state index in [4.69, 9.17) is 19.3 Å². The Morgan fingerprint density at radius 1 is 0.860 bits per heavy atom. The van der Waals surface area contributed by atoms with E-state index in [2.05, 4.69) is 33.4 Å². The van der Waals surface area contributed by atoms with Gasteiger partial charge in [0.25, 0.3) is 0 Å². The second-order valence-corrected chi connectivity index (χ2v) is 11.3. The first-order valence-corrected chi connectivity index (χ1v) is 15.1. The van der Waals surface area contributed by atoms with Crippen LogP contribution in [0.25, 0.3) is 0 Å². The first kappa shape index (κ1) is 33.9. The average Bonchev–Trinajstić information content (AvgIpc) is 3.62. The molecule has 1 aromatic rings. The summed E-state index contributed by atoms with van der Waals surface area (Å²) in [5.74, 6) is 0.576. The van der Waals surface area contributed by atoms with Gasteiger partial charge >= 0.3 is 12.2 Å². The van der Waals surface area contributed by atoms with E-state index in [0.29, 0.717) is 35.6 Å². The number of amides is 4. The van der Waals surface area contributed by atoms with Crippen LogP contribution in [0.4, 0.5) is 15.3 Å². The van der Waals surface area contributed by atoms with Crippen LogP contribution in [0.3, 0.4) is 0 Å². The van der Waals surface area contributed by atoms with Gasteiger partial charge in [-0.25, -0.2) is 9.59 Å². The lowest BCUT2D eigenvalue weighted by Gasteiger charge is -2.23. The Hall–Kier alpha value is -3.64. The van der Waals surface area contributed by atoms with Gasteiger partial charge in [0.15, 0.2) is 0 Å². The average molecular weight is 603 g/mol. The van der Waals surface area contributed by atoms with E-state index in [1.165, 1.54) is 6.92 Å². The summed E-state index contributed by atoms with van der Waals surface area (Å²) in [6, 6.07) is 4.88. The number of nitrogens with one attached hydrogen (secondary N) is 4. The fourth-order valence-corrected chi connectivity index (χ4v) is 5.20. The maximum Gasteiger partial charge on any atom is 0.407 e. The minimum Gasteiger partial charge on any atom is -0.449 e. The Balaban J connectivity index is 1.24. The largest absolute Gasteiger partial charge is 0.449 e. The summed E-state index contributed by atoms with van der Waals surface area (Å²) in [6.45, 7) is 5.96. The fraction of sp³-hybridized carbons (Fsp3) is 0.613. The normalized spacial score (nSPS) is 21.2. The van der Waals surface area contributed by atoms with Crippen molar-refractivity contribution in [3.05, 3.63) is 42.0 Å². The van der Waals surface area contributed by atoms with E-state index in [1.54, 1.807) is 38.1 Å². The van der Waals surface area contributed by atoms with Crippen molar-refractivity contribution in [2.24, 2.45) is 23.7 Å². The molecule has 2 aliphatic carbocycles. The number of allylic oxidation sites excluding steroid dienone is 2. The zero-order chi connectivity index (χ0) is 31.2. The third-order valence-electron chi connectivity index (χ3n) is 7.77. The lowest BCUT2D eigenvalue weighted by atomic mass is 10.0. The molecule has 5 atom stereocenters.